The summed E-state index contributed by atoms with van der Waals surface area (Å²) in [5.41, 5.74) is 4.79. The smallest absolute Gasteiger partial charge is 0.272 e. The lowest BCUT2D eigenvalue weighted by molar-refractivity contribution is -0.385. The van der Waals surface area contributed by atoms with Gasteiger partial charge in [0.15, 0.2) is 11.5 Å². The highest BCUT2D eigenvalue weighted by Gasteiger charge is 2.13. The third-order valence-corrected chi connectivity index (χ3v) is 4.46. The highest BCUT2D eigenvalue weighted by Crippen LogP contribution is 2.28. The summed E-state index contributed by atoms with van der Waals surface area (Å²) in [7, 11) is 1.55. The van der Waals surface area contributed by atoms with E-state index in [1.165, 1.54) is 24.4 Å². The molecule has 0 fully saturated rings. The average molecular weight is 419 g/mol. The van der Waals surface area contributed by atoms with E-state index in [1.807, 2.05) is 30.3 Å². The number of nitro benzene ring substituents is 1. The van der Waals surface area contributed by atoms with Crippen molar-refractivity contribution in [3.8, 4) is 11.5 Å². The standard InChI is InChI=1S/C23H21N3O5/c1-16-12-19(9-10-20(16)26(28)29)23(27)25-24-14-18-8-11-21(22(13-18)30-2)31-15-17-6-4-3-5-7-17/h3-14H,15H2,1-2H3,(H,25,27)/b24-14+. The number of nitrogens with zero attached hydrogens (tertiary/aromatic N) is 2. The van der Waals surface area contributed by atoms with Crippen LogP contribution in [0.4, 0.5) is 5.69 Å². The molecule has 0 saturated heterocycles. The van der Waals surface area contributed by atoms with E-state index in [2.05, 4.69) is 10.5 Å². The molecule has 0 aliphatic rings. The molecule has 0 heterocycles. The predicted molar refractivity (Wildman–Crippen MR) is 117 cm³/mol. The van der Waals surface area contributed by atoms with Gasteiger partial charge in [0.1, 0.15) is 6.61 Å². The van der Waals surface area contributed by atoms with Gasteiger partial charge in [-0.1, -0.05) is 30.3 Å². The minimum absolute atomic E-state index is 0.0401. The van der Waals surface area contributed by atoms with Gasteiger partial charge in [0, 0.05) is 17.2 Å². The molecular weight excluding hydrogens is 398 g/mol. The average Bonchev–Trinajstić information content (AvgIpc) is 2.78. The molecule has 0 unspecified atom stereocenters. The van der Waals surface area contributed by atoms with E-state index in [9.17, 15) is 14.9 Å². The Bertz CT molecular complexity index is 1110. The lowest BCUT2D eigenvalue weighted by Gasteiger charge is -2.11. The Morgan fingerprint density at radius 1 is 1.10 bits per heavy atom. The zero-order chi connectivity index (χ0) is 22.2. The van der Waals surface area contributed by atoms with Crippen LogP contribution < -0.4 is 14.9 Å². The molecule has 31 heavy (non-hydrogen) atoms. The Labute approximate surface area is 179 Å². The van der Waals surface area contributed by atoms with Gasteiger partial charge >= 0.3 is 0 Å². The van der Waals surface area contributed by atoms with E-state index in [0.29, 0.717) is 29.2 Å². The van der Waals surface area contributed by atoms with Gasteiger partial charge in [0.2, 0.25) is 0 Å². The van der Waals surface area contributed by atoms with Crippen molar-refractivity contribution < 1.29 is 19.2 Å². The van der Waals surface area contributed by atoms with Crippen molar-refractivity contribution in [2.45, 2.75) is 13.5 Å². The van der Waals surface area contributed by atoms with Gasteiger partial charge in [-0.3, -0.25) is 14.9 Å². The molecule has 0 saturated carbocycles. The van der Waals surface area contributed by atoms with E-state index in [4.69, 9.17) is 9.47 Å². The summed E-state index contributed by atoms with van der Waals surface area (Å²) in [6.45, 7) is 1.99. The van der Waals surface area contributed by atoms with Crippen molar-refractivity contribution in [3.63, 3.8) is 0 Å². The van der Waals surface area contributed by atoms with Crippen LogP contribution in [0.15, 0.2) is 71.8 Å². The van der Waals surface area contributed by atoms with Crippen LogP contribution in [0.1, 0.15) is 27.0 Å². The summed E-state index contributed by atoms with van der Waals surface area (Å²) in [6.07, 6.45) is 1.47. The molecule has 8 heteroatoms. The SMILES string of the molecule is COc1cc(/C=N/NC(=O)c2ccc([N+](=O)[O-])c(C)c2)ccc1OCc1ccccc1. The van der Waals surface area contributed by atoms with Gasteiger partial charge in [-0.05, 0) is 48.4 Å². The summed E-state index contributed by atoms with van der Waals surface area (Å²) in [5, 5.41) is 14.8. The number of hydrogen-bond acceptors (Lipinski definition) is 6. The fourth-order valence-corrected chi connectivity index (χ4v) is 2.85. The third kappa shape index (κ3) is 5.66. The zero-order valence-electron chi connectivity index (χ0n) is 17.1. The maximum Gasteiger partial charge on any atom is 0.272 e. The van der Waals surface area contributed by atoms with E-state index in [-0.39, 0.29) is 11.3 Å². The number of carbonyl (C=O) groups is 1. The van der Waals surface area contributed by atoms with Crippen LogP contribution in [0.2, 0.25) is 0 Å². The van der Waals surface area contributed by atoms with E-state index in [1.54, 1.807) is 32.2 Å². The molecule has 0 atom stereocenters. The molecule has 0 bridgehead atoms. The first kappa shape index (κ1) is 21.5. The highest BCUT2D eigenvalue weighted by molar-refractivity contribution is 5.95. The fraction of sp³-hybridized carbons (Fsp3) is 0.130. The molecule has 1 N–H and O–H groups in total. The first-order valence-corrected chi connectivity index (χ1v) is 9.41. The Morgan fingerprint density at radius 3 is 2.55 bits per heavy atom. The van der Waals surface area contributed by atoms with Gasteiger partial charge in [-0.15, -0.1) is 0 Å². The van der Waals surface area contributed by atoms with Crippen LogP contribution in [-0.2, 0) is 6.61 Å². The number of amides is 1. The molecular formula is C23H21N3O5. The topological polar surface area (TPSA) is 103 Å². The zero-order valence-corrected chi connectivity index (χ0v) is 17.1. The predicted octanol–water partition coefficient (Wildman–Crippen LogP) is 4.25. The molecule has 0 aliphatic carbocycles. The second-order valence-corrected chi connectivity index (χ2v) is 6.64. The molecule has 158 valence electrons. The van der Waals surface area contributed by atoms with Crippen molar-refractivity contribution >= 4 is 17.8 Å². The van der Waals surface area contributed by atoms with E-state index in [0.717, 1.165) is 5.56 Å². The fourth-order valence-electron chi connectivity index (χ4n) is 2.85. The van der Waals surface area contributed by atoms with Crippen LogP contribution in [0, 0.1) is 17.0 Å². The van der Waals surface area contributed by atoms with Gasteiger partial charge in [-0.2, -0.15) is 5.10 Å². The number of nitro groups is 1. The van der Waals surface area contributed by atoms with Crippen molar-refractivity contribution in [3.05, 3.63) is 99.1 Å². The van der Waals surface area contributed by atoms with Crippen molar-refractivity contribution in [1.29, 1.82) is 0 Å². The van der Waals surface area contributed by atoms with Gasteiger partial charge in [0.25, 0.3) is 11.6 Å². The quantitative estimate of drug-likeness (QED) is 0.334. The number of hydrazone groups is 1. The Morgan fingerprint density at radius 2 is 1.87 bits per heavy atom. The molecule has 3 aromatic rings. The van der Waals surface area contributed by atoms with Gasteiger partial charge in [0.05, 0.1) is 18.2 Å². The number of nitrogens with one attached hydrogen (secondary N) is 1. The summed E-state index contributed by atoms with van der Waals surface area (Å²) < 4.78 is 11.2. The molecule has 0 radical (unpaired) electrons. The molecule has 3 rings (SSSR count). The number of carbonyl (C=O) groups excluding carboxylic acids is 1. The molecule has 0 aromatic heterocycles. The van der Waals surface area contributed by atoms with Crippen LogP contribution in [0.5, 0.6) is 11.5 Å². The number of hydrogen-bond donors (Lipinski definition) is 1. The maximum atomic E-state index is 12.2. The minimum Gasteiger partial charge on any atom is -0.493 e. The van der Waals surface area contributed by atoms with Crippen LogP contribution in [-0.4, -0.2) is 24.2 Å². The number of ether oxygens (including phenoxy) is 2. The molecule has 1 amide bonds. The third-order valence-electron chi connectivity index (χ3n) is 4.46. The second kappa shape index (κ2) is 10.0. The number of rotatable bonds is 8. The monoisotopic (exact) mass is 419 g/mol. The summed E-state index contributed by atoms with van der Waals surface area (Å²) in [5.74, 6) is 0.662. The summed E-state index contributed by atoms with van der Waals surface area (Å²) in [6, 6.07) is 19.2. The number of aryl methyl sites for hydroxylation is 1. The lowest BCUT2D eigenvalue weighted by Crippen LogP contribution is -2.17. The van der Waals surface area contributed by atoms with Crippen LogP contribution >= 0.6 is 0 Å². The first-order chi connectivity index (χ1) is 15.0. The Kier molecular flexibility index (Phi) is 6.95. The Balaban J connectivity index is 1.63. The van der Waals surface area contributed by atoms with Crippen molar-refractivity contribution in [2.75, 3.05) is 7.11 Å². The van der Waals surface area contributed by atoms with Gasteiger partial charge < -0.3 is 9.47 Å². The minimum atomic E-state index is -0.490. The largest absolute Gasteiger partial charge is 0.493 e. The highest BCUT2D eigenvalue weighted by atomic mass is 16.6. The van der Waals surface area contributed by atoms with Crippen molar-refractivity contribution in [2.24, 2.45) is 5.10 Å². The lowest BCUT2D eigenvalue weighted by atomic mass is 10.1. The second-order valence-electron chi connectivity index (χ2n) is 6.64. The molecule has 0 spiro atoms. The van der Waals surface area contributed by atoms with Crippen LogP contribution in [0.3, 0.4) is 0 Å². The maximum absolute atomic E-state index is 12.2. The molecule has 3 aromatic carbocycles. The van der Waals surface area contributed by atoms with E-state index >= 15 is 0 Å². The normalized spacial score (nSPS) is 10.6. The van der Waals surface area contributed by atoms with E-state index < -0.39 is 10.8 Å². The Hall–Kier alpha value is -4.20. The first-order valence-electron chi connectivity index (χ1n) is 9.41. The number of methoxy groups -OCH3 is 1. The van der Waals surface area contributed by atoms with Gasteiger partial charge in [-0.25, -0.2) is 5.43 Å². The molecule has 8 nitrogen and oxygen atoms in total. The van der Waals surface area contributed by atoms with Crippen molar-refractivity contribution in [1.82, 2.24) is 5.43 Å². The summed E-state index contributed by atoms with van der Waals surface area (Å²) >= 11 is 0. The molecule has 0 aliphatic heterocycles. The van der Waals surface area contributed by atoms with Crippen LogP contribution in [0.25, 0.3) is 0 Å². The summed E-state index contributed by atoms with van der Waals surface area (Å²) in [4.78, 5) is 22.6. The number of benzene rings is 3.